The van der Waals surface area contributed by atoms with Crippen molar-refractivity contribution < 1.29 is 13.2 Å². The lowest BCUT2D eigenvalue weighted by Gasteiger charge is -2.34. The molecule has 0 amide bonds. The summed E-state index contributed by atoms with van der Waals surface area (Å²) in [6, 6.07) is 7.41. The first-order chi connectivity index (χ1) is 8.64. The second-order valence-corrected chi connectivity index (χ2v) is 6.32. The molecule has 0 heterocycles. The first kappa shape index (κ1) is 16.4. The second-order valence-electron chi connectivity index (χ2n) is 5.45. The Bertz CT molecular complexity index is 400. The van der Waals surface area contributed by atoms with Crippen LogP contribution in [0.25, 0.3) is 0 Å². The summed E-state index contributed by atoms with van der Waals surface area (Å²) in [4.78, 5) is 0.782. The van der Waals surface area contributed by atoms with Crippen molar-refractivity contribution in [3.63, 3.8) is 0 Å². The monoisotopic (exact) mass is 291 g/mol. The van der Waals surface area contributed by atoms with Gasteiger partial charge in [-0.2, -0.15) is 13.2 Å². The molecule has 0 radical (unpaired) electrons. The van der Waals surface area contributed by atoms with E-state index >= 15 is 0 Å². The topological polar surface area (TPSA) is 12.0 Å². The lowest BCUT2D eigenvalue weighted by molar-refractivity contribution is -0.189. The lowest BCUT2D eigenvalue weighted by Crippen LogP contribution is -2.52. The molecule has 0 aliphatic rings. The van der Waals surface area contributed by atoms with E-state index in [0.717, 1.165) is 22.4 Å². The Hall–Kier alpha value is -0.680. The molecular formula is C14H20F3NS. The van der Waals surface area contributed by atoms with Gasteiger partial charge in [-0.1, -0.05) is 31.5 Å². The quantitative estimate of drug-likeness (QED) is 0.770. The highest BCUT2D eigenvalue weighted by Crippen LogP contribution is 2.37. The molecule has 1 aromatic carbocycles. The first-order valence-corrected chi connectivity index (χ1v) is 7.03. The zero-order chi connectivity index (χ0) is 14.7. The summed E-state index contributed by atoms with van der Waals surface area (Å²) >= 11 is 1.03. The van der Waals surface area contributed by atoms with Gasteiger partial charge in [0.1, 0.15) is 5.54 Å². The summed E-state index contributed by atoms with van der Waals surface area (Å²) in [6.07, 6.45) is -4.22. The maximum atomic E-state index is 13.2. The number of rotatable bonds is 5. The van der Waals surface area contributed by atoms with Crippen molar-refractivity contribution in [1.29, 1.82) is 0 Å². The molecule has 1 rings (SSSR count). The Morgan fingerprint density at radius 2 is 1.68 bits per heavy atom. The predicted octanol–water partition coefficient (Wildman–Crippen LogP) is 4.96. The van der Waals surface area contributed by atoms with Gasteiger partial charge in [-0.25, -0.2) is 4.72 Å². The summed E-state index contributed by atoms with van der Waals surface area (Å²) < 4.78 is 42.1. The molecule has 1 unspecified atom stereocenters. The van der Waals surface area contributed by atoms with Crippen LogP contribution in [0.5, 0.6) is 0 Å². The van der Waals surface area contributed by atoms with Crippen molar-refractivity contribution in [2.75, 3.05) is 0 Å². The maximum absolute atomic E-state index is 13.2. The third kappa shape index (κ3) is 4.73. The molecular weight excluding hydrogens is 271 g/mol. The van der Waals surface area contributed by atoms with Gasteiger partial charge in [0.05, 0.1) is 0 Å². The van der Waals surface area contributed by atoms with Crippen LogP contribution >= 0.6 is 11.9 Å². The minimum absolute atomic E-state index is 0.0299. The van der Waals surface area contributed by atoms with Crippen LogP contribution in [0.4, 0.5) is 13.2 Å². The molecule has 0 saturated carbocycles. The first-order valence-electron chi connectivity index (χ1n) is 6.21. The largest absolute Gasteiger partial charge is 0.407 e. The van der Waals surface area contributed by atoms with Crippen LogP contribution in [-0.4, -0.2) is 11.7 Å². The van der Waals surface area contributed by atoms with Crippen LogP contribution in [-0.2, 0) is 0 Å². The lowest BCUT2D eigenvalue weighted by atomic mass is 9.91. The number of hydrogen-bond donors (Lipinski definition) is 1. The van der Waals surface area contributed by atoms with Gasteiger partial charge in [0.15, 0.2) is 0 Å². The molecule has 1 aromatic rings. The second kappa shape index (κ2) is 6.18. The Morgan fingerprint density at radius 3 is 2.11 bits per heavy atom. The standard InChI is InChI=1S/C14H20F3NS/c1-10(2)9-13(4,14(15,16)17)18-19-12-7-5-11(3)6-8-12/h5-8,10,18H,9H2,1-4H3. The van der Waals surface area contributed by atoms with E-state index in [1.165, 1.54) is 6.92 Å². The summed E-state index contributed by atoms with van der Waals surface area (Å²) in [5.41, 5.74) is -0.790. The van der Waals surface area contributed by atoms with Gasteiger partial charge in [0.2, 0.25) is 0 Å². The van der Waals surface area contributed by atoms with Gasteiger partial charge in [-0.3, -0.25) is 0 Å². The summed E-state index contributed by atoms with van der Waals surface area (Å²) in [5, 5.41) is 0. The average Bonchev–Trinajstić information content (AvgIpc) is 2.26. The molecule has 0 aliphatic carbocycles. The predicted molar refractivity (Wildman–Crippen MR) is 74.1 cm³/mol. The third-order valence-electron chi connectivity index (χ3n) is 2.86. The van der Waals surface area contributed by atoms with Gasteiger partial charge in [-0.15, -0.1) is 0 Å². The number of benzene rings is 1. The molecule has 0 fully saturated rings. The van der Waals surface area contributed by atoms with E-state index in [1.807, 2.05) is 31.2 Å². The van der Waals surface area contributed by atoms with Crippen LogP contribution in [0, 0.1) is 12.8 Å². The molecule has 0 aliphatic heterocycles. The van der Waals surface area contributed by atoms with E-state index in [4.69, 9.17) is 0 Å². The molecule has 1 atom stereocenters. The molecule has 19 heavy (non-hydrogen) atoms. The van der Waals surface area contributed by atoms with Crippen molar-refractivity contribution in [3.05, 3.63) is 29.8 Å². The van der Waals surface area contributed by atoms with E-state index in [0.29, 0.717) is 0 Å². The minimum Gasteiger partial charge on any atom is -0.245 e. The van der Waals surface area contributed by atoms with Gasteiger partial charge in [0, 0.05) is 4.90 Å². The SMILES string of the molecule is Cc1ccc(SNC(C)(CC(C)C)C(F)(F)F)cc1. The summed E-state index contributed by atoms with van der Waals surface area (Å²) in [5.74, 6) is -0.0299. The fraction of sp³-hybridized carbons (Fsp3) is 0.571. The van der Waals surface area contributed by atoms with Crippen LogP contribution in [0.15, 0.2) is 29.2 Å². The molecule has 0 spiro atoms. The highest BCUT2D eigenvalue weighted by molar-refractivity contribution is 7.97. The van der Waals surface area contributed by atoms with Crippen LogP contribution in [0.2, 0.25) is 0 Å². The summed E-state index contributed by atoms with van der Waals surface area (Å²) in [7, 11) is 0. The van der Waals surface area contributed by atoms with Gasteiger partial charge >= 0.3 is 6.18 Å². The fourth-order valence-corrected chi connectivity index (χ4v) is 2.62. The van der Waals surface area contributed by atoms with Crippen molar-refractivity contribution in [3.8, 4) is 0 Å². The zero-order valence-electron chi connectivity index (χ0n) is 11.6. The van der Waals surface area contributed by atoms with Crippen molar-refractivity contribution >= 4 is 11.9 Å². The van der Waals surface area contributed by atoms with E-state index in [9.17, 15) is 13.2 Å². The van der Waals surface area contributed by atoms with Crippen LogP contribution < -0.4 is 4.72 Å². The highest BCUT2D eigenvalue weighted by atomic mass is 32.2. The Labute approximate surface area is 117 Å². The Morgan fingerprint density at radius 1 is 1.16 bits per heavy atom. The third-order valence-corrected chi connectivity index (χ3v) is 3.92. The molecule has 0 saturated heterocycles. The molecule has 0 bridgehead atoms. The number of aryl methyl sites for hydroxylation is 1. The van der Waals surface area contributed by atoms with E-state index in [-0.39, 0.29) is 12.3 Å². The number of halogens is 3. The van der Waals surface area contributed by atoms with Crippen molar-refractivity contribution in [2.24, 2.45) is 5.92 Å². The number of alkyl halides is 3. The maximum Gasteiger partial charge on any atom is 0.407 e. The average molecular weight is 291 g/mol. The number of nitrogens with one attached hydrogen (secondary N) is 1. The summed E-state index contributed by atoms with van der Waals surface area (Å²) in [6.45, 7) is 6.75. The highest BCUT2D eigenvalue weighted by Gasteiger charge is 2.51. The van der Waals surface area contributed by atoms with Crippen LogP contribution in [0.1, 0.15) is 32.8 Å². The molecule has 1 nitrogen and oxygen atoms in total. The van der Waals surface area contributed by atoms with E-state index in [2.05, 4.69) is 4.72 Å². The van der Waals surface area contributed by atoms with Gasteiger partial charge in [0.25, 0.3) is 0 Å². The van der Waals surface area contributed by atoms with Crippen molar-refractivity contribution in [2.45, 2.75) is 50.7 Å². The van der Waals surface area contributed by atoms with Crippen LogP contribution in [0.3, 0.4) is 0 Å². The van der Waals surface area contributed by atoms with Gasteiger partial charge in [-0.05, 0) is 50.3 Å². The normalized spacial score (nSPS) is 15.6. The number of hydrogen-bond acceptors (Lipinski definition) is 2. The molecule has 108 valence electrons. The fourth-order valence-electron chi connectivity index (χ4n) is 1.81. The molecule has 0 aromatic heterocycles. The van der Waals surface area contributed by atoms with Gasteiger partial charge < -0.3 is 0 Å². The Kier molecular flexibility index (Phi) is 5.33. The zero-order valence-corrected chi connectivity index (χ0v) is 12.5. The smallest absolute Gasteiger partial charge is 0.245 e. The molecule has 5 heteroatoms. The van der Waals surface area contributed by atoms with Crippen molar-refractivity contribution in [1.82, 2.24) is 4.72 Å². The minimum atomic E-state index is -4.27. The molecule has 1 N–H and O–H groups in total. The van der Waals surface area contributed by atoms with E-state index in [1.54, 1.807) is 13.8 Å². The van der Waals surface area contributed by atoms with E-state index < -0.39 is 11.7 Å². The Balaban J connectivity index is 2.76.